The van der Waals surface area contributed by atoms with Gasteiger partial charge in [0.25, 0.3) is 0 Å². The molecule has 0 N–H and O–H groups in total. The summed E-state index contributed by atoms with van der Waals surface area (Å²) in [5, 5.41) is 0. The van der Waals surface area contributed by atoms with Crippen molar-refractivity contribution in [1.29, 1.82) is 0 Å². The fraction of sp³-hybridized carbons (Fsp3) is 0.138. The van der Waals surface area contributed by atoms with Crippen molar-refractivity contribution in [3.05, 3.63) is 126 Å². The summed E-state index contributed by atoms with van der Waals surface area (Å²) in [5.74, 6) is -0.302. The molecule has 0 aliphatic rings. The van der Waals surface area contributed by atoms with Crippen molar-refractivity contribution in [2.24, 2.45) is 0 Å². The Hall–Kier alpha value is -3.30. The molecule has 0 radical (unpaired) electrons. The molecule has 0 aliphatic carbocycles. The molecule has 0 spiro atoms. The Morgan fingerprint density at radius 1 is 0.688 bits per heavy atom. The minimum atomic E-state index is -0.657. The summed E-state index contributed by atoms with van der Waals surface area (Å²) in [7, 11) is -0.239. The van der Waals surface area contributed by atoms with E-state index in [-0.39, 0.29) is 16.9 Å². The van der Waals surface area contributed by atoms with Crippen LogP contribution in [0.4, 0.5) is 0 Å². The Morgan fingerprint density at radius 3 is 1.59 bits per heavy atom. The topological polar surface area (TPSA) is 26.3 Å². The number of esters is 1. The van der Waals surface area contributed by atoms with Gasteiger partial charge in [0.15, 0.2) is 14.7 Å². The summed E-state index contributed by atoms with van der Waals surface area (Å²) >= 11 is 0. The van der Waals surface area contributed by atoms with Crippen LogP contribution in [0.2, 0.25) is 0 Å². The number of hydrogen-bond acceptors (Lipinski definition) is 2. The Labute approximate surface area is 193 Å². The Balaban J connectivity index is 1.61. The molecule has 0 amide bonds. The first-order valence-electron chi connectivity index (χ1n) is 10.8. The molecule has 0 bridgehead atoms. The maximum atomic E-state index is 13.0. The van der Waals surface area contributed by atoms with E-state index in [2.05, 4.69) is 48.5 Å². The van der Waals surface area contributed by atoms with Crippen molar-refractivity contribution in [1.82, 2.24) is 0 Å². The lowest BCUT2D eigenvalue weighted by Gasteiger charge is -2.29. The van der Waals surface area contributed by atoms with Crippen molar-refractivity contribution in [2.75, 3.05) is 0 Å². The fourth-order valence-corrected chi connectivity index (χ4v) is 5.72. The van der Waals surface area contributed by atoms with Crippen LogP contribution in [0, 0.1) is 0 Å². The summed E-state index contributed by atoms with van der Waals surface area (Å²) < 4.78 is 5.99. The lowest BCUT2D eigenvalue weighted by molar-refractivity contribution is -0.0141. The SMILES string of the molecule is CCC(C)(OC(=O)c1ccc([S+](c2ccccc2)c2ccccc2)cc1)c1ccccc1. The second-order valence-electron chi connectivity index (χ2n) is 7.80. The van der Waals surface area contributed by atoms with Gasteiger partial charge in [0, 0.05) is 0 Å². The highest BCUT2D eigenvalue weighted by Gasteiger charge is 2.31. The number of ether oxygens (including phenoxy) is 1. The zero-order valence-corrected chi connectivity index (χ0v) is 19.2. The molecule has 0 heterocycles. The summed E-state index contributed by atoms with van der Waals surface area (Å²) in [5.41, 5.74) is 0.909. The summed E-state index contributed by atoms with van der Waals surface area (Å²) in [4.78, 5) is 16.7. The molecule has 1 unspecified atom stereocenters. The average Bonchev–Trinajstić information content (AvgIpc) is 2.86. The lowest BCUT2D eigenvalue weighted by atomic mass is 9.93. The van der Waals surface area contributed by atoms with Crippen LogP contribution >= 0.6 is 0 Å². The van der Waals surface area contributed by atoms with Crippen molar-refractivity contribution >= 4 is 16.9 Å². The predicted octanol–water partition coefficient (Wildman–Crippen LogP) is 7.26. The third-order valence-electron chi connectivity index (χ3n) is 5.66. The second kappa shape index (κ2) is 9.88. The zero-order chi connectivity index (χ0) is 22.4. The highest BCUT2D eigenvalue weighted by Crippen LogP contribution is 2.32. The van der Waals surface area contributed by atoms with E-state index in [4.69, 9.17) is 4.74 Å². The van der Waals surface area contributed by atoms with Gasteiger partial charge in [0.05, 0.1) is 16.5 Å². The van der Waals surface area contributed by atoms with E-state index in [1.807, 2.05) is 80.6 Å². The third-order valence-corrected chi connectivity index (χ3v) is 7.89. The number of carbonyl (C=O) groups excluding carboxylic acids is 1. The molecule has 1 atom stereocenters. The van der Waals surface area contributed by atoms with Gasteiger partial charge < -0.3 is 4.74 Å². The molecule has 0 aliphatic heterocycles. The molecule has 0 aromatic heterocycles. The summed E-state index contributed by atoms with van der Waals surface area (Å²) in [6.07, 6.45) is 0.701. The molecule has 0 fully saturated rings. The van der Waals surface area contributed by atoms with Crippen molar-refractivity contribution in [3.63, 3.8) is 0 Å². The first-order valence-corrected chi connectivity index (χ1v) is 12.1. The van der Waals surface area contributed by atoms with Crippen molar-refractivity contribution < 1.29 is 9.53 Å². The minimum absolute atomic E-state index is 0.239. The maximum absolute atomic E-state index is 13.0. The molecule has 0 saturated heterocycles. The van der Waals surface area contributed by atoms with Gasteiger partial charge in [-0.25, -0.2) is 4.79 Å². The average molecular weight is 440 g/mol. The summed E-state index contributed by atoms with van der Waals surface area (Å²) in [6, 6.07) is 38.8. The van der Waals surface area contributed by atoms with E-state index in [0.717, 1.165) is 5.56 Å². The molecule has 4 aromatic rings. The highest BCUT2D eigenvalue weighted by atomic mass is 32.2. The molecule has 3 heteroatoms. The summed E-state index contributed by atoms with van der Waals surface area (Å²) in [6.45, 7) is 4.01. The van der Waals surface area contributed by atoms with Crippen LogP contribution < -0.4 is 0 Å². The molecular formula is C29H27O2S+. The zero-order valence-electron chi connectivity index (χ0n) is 18.4. The number of benzene rings is 4. The Kier molecular flexibility index (Phi) is 6.77. The monoisotopic (exact) mass is 439 g/mol. The predicted molar refractivity (Wildman–Crippen MR) is 131 cm³/mol. The molecule has 2 nitrogen and oxygen atoms in total. The maximum Gasteiger partial charge on any atom is 0.339 e. The molecule has 0 saturated carbocycles. The molecule has 160 valence electrons. The van der Waals surface area contributed by atoms with Gasteiger partial charge in [-0.1, -0.05) is 73.7 Å². The lowest BCUT2D eigenvalue weighted by Crippen LogP contribution is -2.28. The first-order chi connectivity index (χ1) is 15.6. The molecule has 32 heavy (non-hydrogen) atoms. The van der Waals surface area contributed by atoms with Crippen molar-refractivity contribution in [3.8, 4) is 0 Å². The quantitative estimate of drug-likeness (QED) is 0.224. The van der Waals surface area contributed by atoms with Gasteiger partial charge in [-0.3, -0.25) is 0 Å². The largest absolute Gasteiger partial charge is 0.451 e. The normalized spacial score (nSPS) is 12.8. The van der Waals surface area contributed by atoms with E-state index in [0.29, 0.717) is 12.0 Å². The fourth-order valence-electron chi connectivity index (χ4n) is 3.64. The number of carbonyl (C=O) groups is 1. The van der Waals surface area contributed by atoms with Crippen LogP contribution in [-0.4, -0.2) is 5.97 Å². The van der Waals surface area contributed by atoms with E-state index in [1.165, 1.54) is 14.7 Å². The smallest absolute Gasteiger partial charge is 0.339 e. The third kappa shape index (κ3) is 4.79. The highest BCUT2D eigenvalue weighted by molar-refractivity contribution is 7.97. The van der Waals surface area contributed by atoms with Crippen molar-refractivity contribution in [2.45, 2.75) is 40.6 Å². The van der Waals surface area contributed by atoms with Crippen LogP contribution in [0.25, 0.3) is 0 Å². The van der Waals surface area contributed by atoms with Crippen LogP contribution in [0.5, 0.6) is 0 Å². The second-order valence-corrected chi connectivity index (χ2v) is 9.82. The van der Waals surface area contributed by atoms with Crippen LogP contribution in [0.1, 0.15) is 36.2 Å². The van der Waals surface area contributed by atoms with E-state index < -0.39 is 5.60 Å². The van der Waals surface area contributed by atoms with Gasteiger partial charge in [-0.15, -0.1) is 0 Å². The van der Waals surface area contributed by atoms with E-state index in [1.54, 1.807) is 0 Å². The standard InChI is InChI=1S/C29H27O2S/c1-3-29(2,24-13-7-4-8-14-24)31-28(30)23-19-21-27(22-20-23)32(25-15-9-5-10-16-25)26-17-11-6-12-18-26/h4-22H,3H2,1-2H3/q+1. The van der Waals surface area contributed by atoms with Gasteiger partial charge in [0.2, 0.25) is 0 Å². The van der Waals surface area contributed by atoms with Gasteiger partial charge >= 0.3 is 5.97 Å². The minimum Gasteiger partial charge on any atom is -0.451 e. The van der Waals surface area contributed by atoms with Crippen LogP contribution in [0.3, 0.4) is 0 Å². The van der Waals surface area contributed by atoms with E-state index >= 15 is 0 Å². The van der Waals surface area contributed by atoms with Gasteiger partial charge in [-0.05, 0) is 67.4 Å². The molecule has 4 aromatic carbocycles. The van der Waals surface area contributed by atoms with Crippen LogP contribution in [-0.2, 0) is 21.2 Å². The Morgan fingerprint density at radius 2 is 1.12 bits per heavy atom. The van der Waals surface area contributed by atoms with E-state index in [9.17, 15) is 4.79 Å². The molecule has 4 rings (SSSR count). The molecular weight excluding hydrogens is 412 g/mol. The van der Waals surface area contributed by atoms with Crippen LogP contribution in [0.15, 0.2) is 130 Å². The van der Waals surface area contributed by atoms with Gasteiger partial charge in [-0.2, -0.15) is 0 Å². The Bertz CT molecular complexity index is 1100. The van der Waals surface area contributed by atoms with Gasteiger partial charge in [0.1, 0.15) is 5.60 Å². The number of hydrogen-bond donors (Lipinski definition) is 0. The first kappa shape index (κ1) is 21.9. The number of rotatable bonds is 7.